The van der Waals surface area contributed by atoms with Gasteiger partial charge in [0.25, 0.3) is 0 Å². The summed E-state index contributed by atoms with van der Waals surface area (Å²) in [6.45, 7) is 8.64. The van der Waals surface area contributed by atoms with Crippen molar-refractivity contribution >= 4 is 17.5 Å². The third-order valence-corrected chi connectivity index (χ3v) is 4.27. The molecule has 0 aliphatic heterocycles. The summed E-state index contributed by atoms with van der Waals surface area (Å²) in [5, 5.41) is 0. The minimum atomic E-state index is -0.129. The first kappa shape index (κ1) is 18.7. The van der Waals surface area contributed by atoms with Crippen LogP contribution in [0.5, 0.6) is 0 Å². The van der Waals surface area contributed by atoms with Gasteiger partial charge in [0.1, 0.15) is 6.54 Å². The lowest BCUT2D eigenvalue weighted by atomic mass is 10.1. The summed E-state index contributed by atoms with van der Waals surface area (Å²) in [6.07, 6.45) is 0. The average molecular weight is 338 g/mol. The lowest BCUT2D eigenvalue weighted by Crippen LogP contribution is -2.42. The highest BCUT2D eigenvalue weighted by atomic mass is 16.2. The topological polar surface area (TPSA) is 40.6 Å². The van der Waals surface area contributed by atoms with Crippen LogP contribution in [0, 0.1) is 13.8 Å². The van der Waals surface area contributed by atoms with Gasteiger partial charge in [0.15, 0.2) is 0 Å². The number of benzene rings is 2. The molecule has 2 aromatic rings. The molecule has 0 N–H and O–H groups in total. The molecule has 0 heterocycles. The van der Waals surface area contributed by atoms with E-state index in [0.717, 1.165) is 22.4 Å². The van der Waals surface area contributed by atoms with Gasteiger partial charge in [0, 0.05) is 25.7 Å². The van der Waals surface area contributed by atoms with Crippen molar-refractivity contribution in [1.29, 1.82) is 0 Å². The standard InChI is InChI=1S/C21H26N2O2/c1-5-22(14-19-9-7-6-8-10-19)21(25)15-23(18(4)24)20-12-11-16(2)13-17(20)3/h6-13H,5,14-15H2,1-4H3. The molecule has 2 rings (SSSR count). The summed E-state index contributed by atoms with van der Waals surface area (Å²) < 4.78 is 0. The Hall–Kier alpha value is -2.62. The Morgan fingerprint density at radius 3 is 2.24 bits per heavy atom. The fourth-order valence-corrected chi connectivity index (χ4v) is 2.89. The van der Waals surface area contributed by atoms with Crippen LogP contribution in [0.3, 0.4) is 0 Å². The Morgan fingerprint density at radius 1 is 1.00 bits per heavy atom. The molecule has 0 aromatic heterocycles. The van der Waals surface area contributed by atoms with Crippen LogP contribution in [0.2, 0.25) is 0 Å². The number of amides is 2. The smallest absolute Gasteiger partial charge is 0.242 e. The fourth-order valence-electron chi connectivity index (χ4n) is 2.89. The van der Waals surface area contributed by atoms with Gasteiger partial charge in [-0.25, -0.2) is 0 Å². The van der Waals surface area contributed by atoms with E-state index in [9.17, 15) is 9.59 Å². The van der Waals surface area contributed by atoms with Crippen molar-refractivity contribution < 1.29 is 9.59 Å². The van der Waals surface area contributed by atoms with Crippen molar-refractivity contribution in [2.75, 3.05) is 18.0 Å². The van der Waals surface area contributed by atoms with Gasteiger partial charge in [0.2, 0.25) is 11.8 Å². The molecule has 0 aliphatic rings. The minimum Gasteiger partial charge on any atom is -0.337 e. The summed E-state index contributed by atoms with van der Waals surface area (Å²) in [5.41, 5.74) is 4.00. The third kappa shape index (κ3) is 4.92. The highest BCUT2D eigenvalue weighted by Crippen LogP contribution is 2.21. The molecule has 132 valence electrons. The van der Waals surface area contributed by atoms with Crippen LogP contribution in [-0.2, 0) is 16.1 Å². The summed E-state index contributed by atoms with van der Waals surface area (Å²) in [7, 11) is 0. The third-order valence-electron chi connectivity index (χ3n) is 4.27. The lowest BCUT2D eigenvalue weighted by Gasteiger charge is -2.27. The van der Waals surface area contributed by atoms with E-state index in [1.165, 1.54) is 6.92 Å². The second-order valence-corrected chi connectivity index (χ2v) is 6.29. The monoisotopic (exact) mass is 338 g/mol. The Kier molecular flexibility index (Phi) is 6.34. The molecule has 0 saturated heterocycles. The van der Waals surface area contributed by atoms with Crippen molar-refractivity contribution in [1.82, 2.24) is 4.90 Å². The first-order chi connectivity index (χ1) is 11.9. The van der Waals surface area contributed by atoms with E-state index in [4.69, 9.17) is 0 Å². The minimum absolute atomic E-state index is 0.0541. The Morgan fingerprint density at radius 2 is 1.68 bits per heavy atom. The largest absolute Gasteiger partial charge is 0.337 e. The first-order valence-electron chi connectivity index (χ1n) is 8.59. The Balaban J connectivity index is 2.17. The van der Waals surface area contributed by atoms with E-state index in [1.54, 1.807) is 9.80 Å². The number of carbonyl (C=O) groups excluding carboxylic acids is 2. The number of nitrogens with zero attached hydrogens (tertiary/aromatic N) is 2. The predicted molar refractivity (Wildman–Crippen MR) is 101 cm³/mol. The van der Waals surface area contributed by atoms with Crippen LogP contribution in [0.1, 0.15) is 30.5 Å². The van der Waals surface area contributed by atoms with Gasteiger partial charge in [-0.3, -0.25) is 9.59 Å². The van der Waals surface area contributed by atoms with Crippen LogP contribution in [0.25, 0.3) is 0 Å². The average Bonchev–Trinajstić information content (AvgIpc) is 2.58. The van der Waals surface area contributed by atoms with Gasteiger partial charge in [0.05, 0.1) is 0 Å². The van der Waals surface area contributed by atoms with Crippen LogP contribution in [0.15, 0.2) is 48.5 Å². The molecule has 0 atom stereocenters. The number of hydrogen-bond acceptors (Lipinski definition) is 2. The summed E-state index contributed by atoms with van der Waals surface area (Å²) in [6, 6.07) is 15.8. The van der Waals surface area contributed by atoms with Gasteiger partial charge in [-0.05, 0) is 38.0 Å². The molecule has 0 fully saturated rings. The van der Waals surface area contributed by atoms with E-state index < -0.39 is 0 Å². The number of carbonyl (C=O) groups is 2. The molecule has 0 aliphatic carbocycles. The number of rotatable bonds is 6. The van der Waals surface area contributed by atoms with Crippen molar-refractivity contribution in [3.63, 3.8) is 0 Å². The van der Waals surface area contributed by atoms with E-state index in [2.05, 4.69) is 0 Å². The SMILES string of the molecule is CCN(Cc1ccccc1)C(=O)CN(C(C)=O)c1ccc(C)cc1C. The summed E-state index contributed by atoms with van der Waals surface area (Å²) in [5.74, 6) is -0.183. The van der Waals surface area contributed by atoms with Crippen molar-refractivity contribution in [3.05, 3.63) is 65.2 Å². The number of anilines is 1. The maximum atomic E-state index is 12.8. The second-order valence-electron chi connectivity index (χ2n) is 6.29. The molecule has 0 unspecified atom stereocenters. The van der Waals surface area contributed by atoms with E-state index in [1.807, 2.05) is 69.3 Å². The molecular weight excluding hydrogens is 312 g/mol. The van der Waals surface area contributed by atoms with Gasteiger partial charge in [-0.2, -0.15) is 0 Å². The Labute approximate surface area is 150 Å². The zero-order valence-corrected chi connectivity index (χ0v) is 15.5. The molecule has 0 bridgehead atoms. The van der Waals surface area contributed by atoms with Crippen LogP contribution in [0.4, 0.5) is 5.69 Å². The van der Waals surface area contributed by atoms with Crippen molar-refractivity contribution in [3.8, 4) is 0 Å². The van der Waals surface area contributed by atoms with Gasteiger partial charge < -0.3 is 9.80 Å². The molecule has 4 nitrogen and oxygen atoms in total. The van der Waals surface area contributed by atoms with Crippen LogP contribution < -0.4 is 4.90 Å². The first-order valence-corrected chi connectivity index (χ1v) is 8.59. The number of hydrogen-bond donors (Lipinski definition) is 0. The molecule has 2 amide bonds. The lowest BCUT2D eigenvalue weighted by molar-refractivity contribution is -0.131. The molecule has 4 heteroatoms. The normalized spacial score (nSPS) is 10.4. The van der Waals surface area contributed by atoms with Crippen LogP contribution in [-0.4, -0.2) is 29.8 Å². The number of likely N-dealkylation sites (N-methyl/N-ethyl adjacent to an activating group) is 1. The Bertz CT molecular complexity index is 741. The molecule has 0 radical (unpaired) electrons. The maximum Gasteiger partial charge on any atom is 0.242 e. The summed E-state index contributed by atoms with van der Waals surface area (Å²) >= 11 is 0. The zero-order valence-electron chi connectivity index (χ0n) is 15.5. The van der Waals surface area contributed by atoms with Gasteiger partial charge in [-0.1, -0.05) is 48.0 Å². The van der Waals surface area contributed by atoms with Crippen molar-refractivity contribution in [2.24, 2.45) is 0 Å². The fraction of sp³-hybridized carbons (Fsp3) is 0.333. The van der Waals surface area contributed by atoms with E-state index in [0.29, 0.717) is 13.1 Å². The highest BCUT2D eigenvalue weighted by Gasteiger charge is 2.21. The quantitative estimate of drug-likeness (QED) is 0.806. The predicted octanol–water partition coefficient (Wildman–Crippen LogP) is 3.71. The number of aryl methyl sites for hydroxylation is 2. The molecular formula is C21H26N2O2. The maximum absolute atomic E-state index is 12.8. The van der Waals surface area contributed by atoms with Gasteiger partial charge >= 0.3 is 0 Å². The van der Waals surface area contributed by atoms with Gasteiger partial charge in [-0.15, -0.1) is 0 Å². The molecule has 0 saturated carbocycles. The van der Waals surface area contributed by atoms with E-state index in [-0.39, 0.29) is 18.4 Å². The zero-order chi connectivity index (χ0) is 18.4. The molecule has 25 heavy (non-hydrogen) atoms. The molecule has 2 aromatic carbocycles. The van der Waals surface area contributed by atoms with E-state index >= 15 is 0 Å². The summed E-state index contributed by atoms with van der Waals surface area (Å²) in [4.78, 5) is 28.3. The molecule has 0 spiro atoms. The second kappa shape index (κ2) is 8.47. The van der Waals surface area contributed by atoms with Crippen LogP contribution >= 0.6 is 0 Å². The van der Waals surface area contributed by atoms with Crippen molar-refractivity contribution in [2.45, 2.75) is 34.2 Å². The highest BCUT2D eigenvalue weighted by molar-refractivity contribution is 5.98.